The monoisotopic (exact) mass is 535 g/mol. The van der Waals surface area contributed by atoms with Gasteiger partial charge in [0.05, 0.1) is 19.8 Å². The highest BCUT2D eigenvalue weighted by atomic mass is 31.3. The summed E-state index contributed by atoms with van der Waals surface area (Å²) in [6.07, 6.45) is -11.4. The lowest BCUT2D eigenvalue weighted by molar-refractivity contribution is -0.247. The lowest BCUT2D eigenvalue weighted by Gasteiger charge is -2.32. The van der Waals surface area contributed by atoms with E-state index >= 15 is 0 Å². The van der Waals surface area contributed by atoms with Gasteiger partial charge in [0.1, 0.15) is 42.4 Å². The molecule has 1 aliphatic rings. The van der Waals surface area contributed by atoms with Crippen LogP contribution in [0.1, 0.15) is 6.23 Å². The lowest BCUT2D eigenvalue weighted by atomic mass is 10.1. The summed E-state index contributed by atoms with van der Waals surface area (Å²) in [7, 11) is -11.4. The zero-order valence-electron chi connectivity index (χ0n) is 17.0. The Labute approximate surface area is 190 Å². The van der Waals surface area contributed by atoms with Crippen LogP contribution in [0.15, 0.2) is 17.1 Å². The van der Waals surface area contributed by atoms with Crippen LogP contribution in [0.25, 0.3) is 0 Å². The number of nitrogen functional groups attached to an aromatic ring is 1. The van der Waals surface area contributed by atoms with Crippen molar-refractivity contribution in [1.29, 1.82) is 0 Å². The molecule has 8 N–H and O–H groups in total. The molecule has 1 aromatic rings. The molecule has 0 amide bonds. The van der Waals surface area contributed by atoms with E-state index in [9.17, 15) is 44.1 Å². The van der Waals surface area contributed by atoms with Gasteiger partial charge < -0.3 is 59.9 Å². The first-order valence-corrected chi connectivity index (χ1v) is 12.2. The number of aliphatic hydroxyl groups is 6. The zero-order valence-corrected chi connectivity index (χ0v) is 18.8. The first-order valence-electron chi connectivity index (χ1n) is 9.31. The van der Waals surface area contributed by atoms with E-state index in [0.717, 1.165) is 10.8 Å². The third kappa shape index (κ3) is 7.58. The van der Waals surface area contributed by atoms with Gasteiger partial charge in [0.2, 0.25) is 0 Å². The fourth-order valence-electron chi connectivity index (χ4n) is 2.68. The van der Waals surface area contributed by atoms with E-state index in [0.29, 0.717) is 0 Å². The van der Waals surface area contributed by atoms with E-state index in [-0.39, 0.29) is 5.82 Å². The Balaban J connectivity index is 1.94. The number of phosphoric acid groups is 2. The average Bonchev–Trinajstić information content (AvgIpc) is 3.03. The van der Waals surface area contributed by atoms with Crippen molar-refractivity contribution in [3.63, 3.8) is 0 Å². The van der Waals surface area contributed by atoms with Crippen LogP contribution in [-0.4, -0.2) is 96.6 Å². The predicted octanol–water partition coefficient (Wildman–Crippen LogP) is -5.49. The van der Waals surface area contributed by atoms with Crippen LogP contribution in [0.3, 0.4) is 0 Å². The molecule has 34 heavy (non-hydrogen) atoms. The van der Waals surface area contributed by atoms with Crippen molar-refractivity contribution < 1.29 is 67.7 Å². The third-order valence-corrected chi connectivity index (χ3v) is 6.97. The molecule has 196 valence electrons. The number of phosphoric ester groups is 2. The van der Waals surface area contributed by atoms with Crippen LogP contribution >= 0.6 is 15.6 Å². The molecule has 1 aromatic heterocycles. The summed E-state index contributed by atoms with van der Waals surface area (Å²) < 4.78 is 41.7. The highest BCUT2D eigenvalue weighted by molar-refractivity contribution is 7.59. The van der Waals surface area contributed by atoms with Crippen LogP contribution in [0, 0.1) is 0 Å². The fourth-order valence-corrected chi connectivity index (χ4v) is 4.70. The van der Waals surface area contributed by atoms with Gasteiger partial charge in [-0.2, -0.15) is 4.98 Å². The molecule has 0 saturated carbocycles. The molecule has 0 aliphatic carbocycles. The molecular weight excluding hydrogens is 512 g/mol. The molecule has 0 aromatic carbocycles. The van der Waals surface area contributed by atoms with Gasteiger partial charge in [0, 0.05) is 6.20 Å². The standard InChI is InChI=1S/C14H25N3O15P2/c15-9-1-2-17(14(24)16-9)13-12(23)11(22)8(31-13)5-30-34(27,28)32-33(25,26)29-4-7(20)10(21)6(19)3-18/h1-2,6-8,10-13,18-23H,3-5H2,(H,25,26)(H,27,28)(H2,15,16,24)/p-2/t6-,7-,8-,10-,11-,12-,13-/m1/s1. The van der Waals surface area contributed by atoms with E-state index in [1.807, 2.05) is 0 Å². The highest BCUT2D eigenvalue weighted by Crippen LogP contribution is 2.55. The maximum absolute atomic E-state index is 11.9. The smallest absolute Gasteiger partial charge is 0.351 e. The number of hydrogen-bond donors (Lipinski definition) is 7. The number of rotatable bonds is 12. The van der Waals surface area contributed by atoms with Crippen LogP contribution in [-0.2, 0) is 27.2 Å². The minimum atomic E-state index is -5.69. The normalized spacial score (nSPS) is 29.2. The van der Waals surface area contributed by atoms with Crippen molar-refractivity contribution in [2.24, 2.45) is 0 Å². The molecular formula is C14H23N3O15P2-2. The van der Waals surface area contributed by atoms with Gasteiger partial charge in [-0.05, 0) is 6.07 Å². The molecule has 2 heterocycles. The molecule has 0 radical (unpaired) electrons. The molecule has 1 saturated heterocycles. The van der Waals surface area contributed by atoms with Gasteiger partial charge in [0.15, 0.2) is 6.23 Å². The summed E-state index contributed by atoms with van der Waals surface area (Å²) in [5.74, 6) is -0.130. The maximum atomic E-state index is 11.9. The molecule has 2 unspecified atom stereocenters. The number of nitrogens with two attached hydrogens (primary N) is 1. The highest BCUT2D eigenvalue weighted by Gasteiger charge is 2.44. The molecule has 18 nitrogen and oxygen atoms in total. The Hall–Kier alpha value is -1.34. The average molecular weight is 535 g/mol. The van der Waals surface area contributed by atoms with Gasteiger partial charge >= 0.3 is 5.69 Å². The third-order valence-electron chi connectivity index (χ3n) is 4.44. The van der Waals surface area contributed by atoms with Crippen LogP contribution < -0.4 is 21.2 Å². The quantitative estimate of drug-likeness (QED) is 0.123. The molecule has 9 atom stereocenters. The van der Waals surface area contributed by atoms with Crippen molar-refractivity contribution in [2.75, 3.05) is 25.6 Å². The molecule has 1 aliphatic heterocycles. The van der Waals surface area contributed by atoms with Gasteiger partial charge in [0.25, 0.3) is 15.6 Å². The van der Waals surface area contributed by atoms with E-state index in [2.05, 4.69) is 18.3 Å². The Kier molecular flexibility index (Phi) is 9.85. The van der Waals surface area contributed by atoms with E-state index < -0.39 is 84.0 Å². The summed E-state index contributed by atoms with van der Waals surface area (Å²) in [6, 6.07) is 1.19. The van der Waals surface area contributed by atoms with Gasteiger partial charge in [-0.25, -0.2) is 9.11 Å². The Bertz CT molecular complexity index is 978. The summed E-state index contributed by atoms with van der Waals surface area (Å²) >= 11 is 0. The number of nitrogens with zero attached hydrogens (tertiary/aromatic N) is 2. The van der Waals surface area contributed by atoms with E-state index in [1.165, 1.54) is 6.07 Å². The Morgan fingerprint density at radius 2 is 1.76 bits per heavy atom. The van der Waals surface area contributed by atoms with Crippen LogP contribution in [0.5, 0.6) is 0 Å². The maximum Gasteiger partial charge on any atom is 0.351 e. The lowest BCUT2D eigenvalue weighted by Crippen LogP contribution is -2.42. The SMILES string of the molecule is Nc1ccn([C@@H]2O[C@H](COP(=O)([O-])OP(=O)([O-])OC[C@@H](O)[C@H](O)[C@H](O)CO)[C@@H](O)[C@H]2O)c(=O)n1. The van der Waals surface area contributed by atoms with E-state index in [1.54, 1.807) is 0 Å². The number of anilines is 1. The molecule has 1 fully saturated rings. The first-order chi connectivity index (χ1) is 15.7. The van der Waals surface area contributed by atoms with Crippen LogP contribution in [0.4, 0.5) is 5.82 Å². The van der Waals surface area contributed by atoms with Gasteiger partial charge in [-0.1, -0.05) is 0 Å². The van der Waals surface area contributed by atoms with Crippen molar-refractivity contribution in [3.05, 3.63) is 22.7 Å². The molecule has 20 heteroatoms. The van der Waals surface area contributed by atoms with Gasteiger partial charge in [-0.3, -0.25) is 13.7 Å². The van der Waals surface area contributed by atoms with Crippen molar-refractivity contribution in [1.82, 2.24) is 9.55 Å². The predicted molar refractivity (Wildman–Crippen MR) is 102 cm³/mol. The second-order valence-corrected chi connectivity index (χ2v) is 9.92. The zero-order chi connectivity index (χ0) is 25.8. The number of aromatic nitrogens is 2. The topological polar surface area (TPSA) is 299 Å². The minimum Gasteiger partial charge on any atom is -0.756 e. The van der Waals surface area contributed by atoms with E-state index in [4.69, 9.17) is 20.7 Å². The Morgan fingerprint density at radius 1 is 1.15 bits per heavy atom. The number of hydrogen-bond acceptors (Lipinski definition) is 17. The molecule has 0 bridgehead atoms. The minimum absolute atomic E-state index is 0.130. The van der Waals surface area contributed by atoms with Crippen LogP contribution in [0.2, 0.25) is 0 Å². The van der Waals surface area contributed by atoms with Crippen molar-refractivity contribution in [3.8, 4) is 0 Å². The summed E-state index contributed by atoms with van der Waals surface area (Å²) in [4.78, 5) is 38.8. The first kappa shape index (κ1) is 28.9. The largest absolute Gasteiger partial charge is 0.756 e. The molecule has 0 spiro atoms. The van der Waals surface area contributed by atoms with Gasteiger partial charge in [-0.15, -0.1) is 0 Å². The second kappa shape index (κ2) is 11.6. The number of aliphatic hydroxyl groups excluding tert-OH is 6. The number of ether oxygens (including phenoxy) is 1. The summed E-state index contributed by atoms with van der Waals surface area (Å²) in [5.41, 5.74) is 4.41. The molecule has 2 rings (SSSR count). The fraction of sp³-hybridized carbons (Fsp3) is 0.714. The van der Waals surface area contributed by atoms with Crippen molar-refractivity contribution >= 4 is 21.5 Å². The second-order valence-electron chi connectivity index (χ2n) is 6.96. The summed E-state index contributed by atoms with van der Waals surface area (Å²) in [6.45, 7) is -3.28. The van der Waals surface area contributed by atoms with Crippen molar-refractivity contribution in [2.45, 2.75) is 42.9 Å². The summed E-state index contributed by atoms with van der Waals surface area (Å²) in [5, 5.41) is 56.8. The Morgan fingerprint density at radius 3 is 2.35 bits per heavy atom.